The second-order valence-corrected chi connectivity index (χ2v) is 11.2. The fourth-order valence-electron chi connectivity index (χ4n) is 4.75. The van der Waals surface area contributed by atoms with Crippen molar-refractivity contribution < 1.29 is 0 Å². The minimum absolute atomic E-state index is 0.171. The Morgan fingerprint density at radius 1 is 0.645 bits per heavy atom. The van der Waals surface area contributed by atoms with Crippen molar-refractivity contribution in [1.82, 2.24) is 5.32 Å². The highest BCUT2D eigenvalue weighted by atomic mass is 14.9. The van der Waals surface area contributed by atoms with Crippen LogP contribution in [0.1, 0.15) is 80.8 Å². The van der Waals surface area contributed by atoms with Crippen molar-refractivity contribution in [1.29, 1.82) is 0 Å². The summed E-state index contributed by atoms with van der Waals surface area (Å²) in [4.78, 5) is 0. The van der Waals surface area contributed by atoms with Crippen LogP contribution in [0.5, 0.6) is 0 Å². The quantitative estimate of drug-likeness (QED) is 0.483. The van der Waals surface area contributed by atoms with Gasteiger partial charge in [-0.3, -0.25) is 0 Å². The molecule has 1 atom stereocenters. The Labute approximate surface area is 188 Å². The highest BCUT2D eigenvalue weighted by Gasteiger charge is 2.29. The summed E-state index contributed by atoms with van der Waals surface area (Å²) in [5, 5.41) is 3.86. The molecule has 1 heteroatoms. The molecule has 0 saturated heterocycles. The van der Waals surface area contributed by atoms with Gasteiger partial charge in [-0.15, -0.1) is 0 Å². The Balaban J connectivity index is 1.72. The third-order valence-electron chi connectivity index (χ3n) is 6.79. The summed E-state index contributed by atoms with van der Waals surface area (Å²) < 4.78 is 0. The van der Waals surface area contributed by atoms with Crippen molar-refractivity contribution in [2.24, 2.45) is 0 Å². The minimum atomic E-state index is 0.171. The van der Waals surface area contributed by atoms with Gasteiger partial charge in [0.25, 0.3) is 0 Å². The summed E-state index contributed by atoms with van der Waals surface area (Å²) in [5.74, 6) is 0.330. The molecule has 3 aromatic rings. The Morgan fingerprint density at radius 3 is 1.55 bits per heavy atom. The van der Waals surface area contributed by atoms with E-state index >= 15 is 0 Å². The number of fused-ring (bicyclic) bond motifs is 1. The van der Waals surface area contributed by atoms with Crippen LogP contribution in [-0.2, 0) is 23.8 Å². The monoisotopic (exact) mass is 411 g/mol. The van der Waals surface area contributed by atoms with E-state index in [-0.39, 0.29) is 10.8 Å². The predicted octanol–water partition coefficient (Wildman–Crippen LogP) is 7.13. The van der Waals surface area contributed by atoms with Gasteiger partial charge in [0.15, 0.2) is 0 Å². The summed E-state index contributed by atoms with van der Waals surface area (Å²) in [6, 6.07) is 28.0. The largest absolute Gasteiger partial charge is 0.309 e. The molecule has 0 aromatic heterocycles. The molecule has 0 fully saturated rings. The van der Waals surface area contributed by atoms with Crippen LogP contribution in [0.25, 0.3) is 0 Å². The molecule has 4 rings (SSSR count). The van der Waals surface area contributed by atoms with Crippen LogP contribution < -0.4 is 5.32 Å². The topological polar surface area (TPSA) is 12.0 Å². The molecule has 31 heavy (non-hydrogen) atoms. The molecule has 1 nitrogen and oxygen atoms in total. The molecule has 3 aromatic carbocycles. The maximum atomic E-state index is 3.86. The van der Waals surface area contributed by atoms with Gasteiger partial charge in [-0.2, -0.15) is 0 Å². The summed E-state index contributed by atoms with van der Waals surface area (Å²) in [7, 11) is 0. The summed E-state index contributed by atoms with van der Waals surface area (Å²) in [5.41, 5.74) is 8.83. The van der Waals surface area contributed by atoms with Crippen LogP contribution in [0.3, 0.4) is 0 Å². The average Bonchev–Trinajstić information content (AvgIpc) is 2.73. The maximum absolute atomic E-state index is 3.86. The van der Waals surface area contributed by atoms with Crippen LogP contribution in [0.15, 0.2) is 72.8 Å². The summed E-state index contributed by atoms with van der Waals surface area (Å²) in [6.07, 6.45) is 1.06. The normalized spacial score (nSPS) is 16.9. The van der Waals surface area contributed by atoms with E-state index < -0.39 is 0 Å². The molecule has 0 bridgehead atoms. The fraction of sp³-hybridized carbons (Fsp3) is 0.400. The van der Waals surface area contributed by atoms with Crippen molar-refractivity contribution in [2.75, 3.05) is 0 Å². The first-order valence-corrected chi connectivity index (χ1v) is 11.6. The first-order valence-electron chi connectivity index (χ1n) is 11.6. The van der Waals surface area contributed by atoms with Crippen LogP contribution in [0.4, 0.5) is 0 Å². The van der Waals surface area contributed by atoms with Crippen molar-refractivity contribution in [3.05, 3.63) is 106 Å². The van der Waals surface area contributed by atoms with E-state index in [1.165, 1.54) is 33.4 Å². The first kappa shape index (κ1) is 21.8. The maximum Gasteiger partial charge on any atom is 0.0246 e. The van der Waals surface area contributed by atoms with Gasteiger partial charge in [0.1, 0.15) is 0 Å². The lowest BCUT2D eigenvalue weighted by Crippen LogP contribution is -2.40. The molecule has 1 N–H and O–H groups in total. The lowest BCUT2D eigenvalue weighted by Gasteiger charge is -2.34. The van der Waals surface area contributed by atoms with E-state index in [0.29, 0.717) is 12.0 Å². The Hall–Kier alpha value is -2.38. The number of nitrogens with one attached hydrogen (secondary N) is 1. The summed E-state index contributed by atoms with van der Waals surface area (Å²) in [6.45, 7) is 14.6. The zero-order valence-electron chi connectivity index (χ0n) is 20.0. The molecule has 0 amide bonds. The van der Waals surface area contributed by atoms with E-state index in [2.05, 4.69) is 120 Å². The smallest absolute Gasteiger partial charge is 0.0246 e. The SMILES string of the molecule is CC(C)(C)c1ccc(C(c2ccc(C(C)(C)C)cc2)[C@H]2Cc3ccccc3CN2)cc1. The van der Waals surface area contributed by atoms with Gasteiger partial charge < -0.3 is 5.32 Å². The van der Waals surface area contributed by atoms with Gasteiger partial charge in [0.05, 0.1) is 0 Å². The van der Waals surface area contributed by atoms with E-state index in [9.17, 15) is 0 Å². The molecule has 162 valence electrons. The van der Waals surface area contributed by atoms with Crippen molar-refractivity contribution in [2.45, 2.75) is 77.3 Å². The molecule has 0 saturated carbocycles. The zero-order chi connectivity index (χ0) is 22.2. The molecule has 0 unspecified atom stereocenters. The second-order valence-electron chi connectivity index (χ2n) is 11.2. The Morgan fingerprint density at radius 2 is 1.10 bits per heavy atom. The second kappa shape index (κ2) is 8.28. The van der Waals surface area contributed by atoms with E-state index in [0.717, 1.165) is 13.0 Å². The standard InChI is InChI=1S/C30H37N/c1-29(2,3)25-15-11-21(12-16-25)28(22-13-17-26(18-14-22)30(4,5)6)27-19-23-9-7-8-10-24(23)20-31-27/h7-18,27-28,31H,19-20H2,1-6H3/t27-/m1/s1. The number of hydrogen-bond donors (Lipinski definition) is 1. The van der Waals surface area contributed by atoms with Crippen molar-refractivity contribution in [3.63, 3.8) is 0 Å². The Bertz CT molecular complexity index is 956. The van der Waals surface area contributed by atoms with Crippen molar-refractivity contribution >= 4 is 0 Å². The van der Waals surface area contributed by atoms with E-state index in [1.807, 2.05) is 0 Å². The van der Waals surface area contributed by atoms with Gasteiger partial charge in [0.2, 0.25) is 0 Å². The third-order valence-corrected chi connectivity index (χ3v) is 6.79. The lowest BCUT2D eigenvalue weighted by atomic mass is 9.77. The molecule has 1 aliphatic rings. The van der Waals surface area contributed by atoms with Gasteiger partial charge in [0, 0.05) is 18.5 Å². The Kier molecular flexibility index (Phi) is 5.83. The van der Waals surface area contributed by atoms with E-state index in [4.69, 9.17) is 0 Å². The first-order chi connectivity index (χ1) is 14.6. The van der Waals surface area contributed by atoms with Crippen LogP contribution >= 0.6 is 0 Å². The summed E-state index contributed by atoms with van der Waals surface area (Å²) >= 11 is 0. The third kappa shape index (κ3) is 4.77. The number of rotatable bonds is 3. The average molecular weight is 412 g/mol. The highest BCUT2D eigenvalue weighted by Crippen LogP contribution is 2.35. The number of benzene rings is 3. The minimum Gasteiger partial charge on any atom is -0.309 e. The van der Waals surface area contributed by atoms with Crippen LogP contribution in [0, 0.1) is 0 Å². The van der Waals surface area contributed by atoms with E-state index in [1.54, 1.807) is 0 Å². The van der Waals surface area contributed by atoms with Crippen molar-refractivity contribution in [3.8, 4) is 0 Å². The number of hydrogen-bond acceptors (Lipinski definition) is 1. The van der Waals surface area contributed by atoms with Crippen LogP contribution in [0.2, 0.25) is 0 Å². The van der Waals surface area contributed by atoms with Crippen LogP contribution in [-0.4, -0.2) is 6.04 Å². The molecule has 0 aliphatic carbocycles. The highest BCUT2D eigenvalue weighted by molar-refractivity contribution is 5.41. The molecule has 0 radical (unpaired) electrons. The molecular weight excluding hydrogens is 374 g/mol. The lowest BCUT2D eigenvalue weighted by molar-refractivity contribution is 0.438. The van der Waals surface area contributed by atoms with Gasteiger partial charge in [-0.1, -0.05) is 114 Å². The molecule has 0 spiro atoms. The fourth-order valence-corrected chi connectivity index (χ4v) is 4.75. The molecule has 1 aliphatic heterocycles. The predicted molar refractivity (Wildman–Crippen MR) is 133 cm³/mol. The molecular formula is C30H37N. The molecule has 1 heterocycles. The zero-order valence-corrected chi connectivity index (χ0v) is 20.0. The van der Waals surface area contributed by atoms with Gasteiger partial charge in [-0.25, -0.2) is 0 Å². The van der Waals surface area contributed by atoms with Gasteiger partial charge >= 0.3 is 0 Å². The van der Waals surface area contributed by atoms with Gasteiger partial charge in [-0.05, 0) is 50.6 Å².